The molecule has 2 heterocycles. The molecule has 0 aliphatic heterocycles. The summed E-state index contributed by atoms with van der Waals surface area (Å²) in [5.74, 6) is 1.40. The van der Waals surface area contributed by atoms with E-state index in [0.29, 0.717) is 18.8 Å². The van der Waals surface area contributed by atoms with Crippen LogP contribution in [0, 0.1) is 6.92 Å². The van der Waals surface area contributed by atoms with Gasteiger partial charge < -0.3 is 13.9 Å². The first kappa shape index (κ1) is 12.4. The highest BCUT2D eigenvalue weighted by molar-refractivity contribution is 5.87. The van der Waals surface area contributed by atoms with Crippen LogP contribution in [0.15, 0.2) is 33.3 Å². The maximum Gasteiger partial charge on any atom is 0.338 e. The summed E-state index contributed by atoms with van der Waals surface area (Å²) in [4.78, 5) is 12.7. The summed E-state index contributed by atoms with van der Waals surface area (Å²) in [6, 6.07) is 5.38. The van der Waals surface area contributed by atoms with E-state index in [9.17, 15) is 4.79 Å². The molecule has 2 rings (SSSR count). The number of hydrogen-bond acceptors (Lipinski definition) is 4. The molecular weight excluding hydrogens is 234 g/mol. The molecular formula is C13H15NO4. The predicted molar refractivity (Wildman–Crippen MR) is 64.3 cm³/mol. The van der Waals surface area contributed by atoms with E-state index in [4.69, 9.17) is 13.9 Å². The van der Waals surface area contributed by atoms with E-state index in [1.54, 1.807) is 0 Å². The minimum Gasteiger partial charge on any atom is -0.478 e. The number of aryl methyl sites for hydroxylation is 1. The standard InChI is InChI=1S/C13H15NO4/c1-9-3-4-11(18-9)6-14(2)7-12-5-10(8-17-12)13(15)16/h3-5,8H,6-7H2,1-2H3,(H,15,16). The van der Waals surface area contributed by atoms with Crippen LogP contribution in [0.5, 0.6) is 0 Å². The molecule has 96 valence electrons. The smallest absolute Gasteiger partial charge is 0.338 e. The summed E-state index contributed by atoms with van der Waals surface area (Å²) in [5, 5.41) is 8.78. The highest BCUT2D eigenvalue weighted by Crippen LogP contribution is 2.13. The van der Waals surface area contributed by atoms with E-state index >= 15 is 0 Å². The molecule has 0 bridgehead atoms. The fourth-order valence-electron chi connectivity index (χ4n) is 1.73. The van der Waals surface area contributed by atoms with Gasteiger partial charge in [-0.1, -0.05) is 0 Å². The second kappa shape index (κ2) is 5.10. The summed E-state index contributed by atoms with van der Waals surface area (Å²) in [5.41, 5.74) is 0.173. The van der Waals surface area contributed by atoms with Gasteiger partial charge in [0.05, 0.1) is 18.7 Å². The number of nitrogens with zero attached hydrogens (tertiary/aromatic N) is 1. The van der Waals surface area contributed by atoms with Crippen LogP contribution in [-0.2, 0) is 13.1 Å². The summed E-state index contributed by atoms with van der Waals surface area (Å²) in [6.45, 7) is 3.08. The van der Waals surface area contributed by atoms with E-state index in [1.807, 2.05) is 31.0 Å². The lowest BCUT2D eigenvalue weighted by Gasteiger charge is -2.12. The quantitative estimate of drug-likeness (QED) is 0.881. The third-order valence-corrected chi connectivity index (χ3v) is 2.55. The van der Waals surface area contributed by atoms with Crippen LogP contribution in [0.2, 0.25) is 0 Å². The van der Waals surface area contributed by atoms with E-state index in [-0.39, 0.29) is 5.56 Å². The summed E-state index contributed by atoms with van der Waals surface area (Å²) >= 11 is 0. The molecule has 0 unspecified atom stereocenters. The Kier molecular flexibility index (Phi) is 3.53. The van der Waals surface area contributed by atoms with E-state index < -0.39 is 5.97 Å². The third kappa shape index (κ3) is 3.01. The van der Waals surface area contributed by atoms with Crippen molar-refractivity contribution in [2.45, 2.75) is 20.0 Å². The highest BCUT2D eigenvalue weighted by atomic mass is 16.4. The Morgan fingerprint density at radius 2 is 2.06 bits per heavy atom. The first-order valence-electron chi connectivity index (χ1n) is 5.59. The number of carboxylic acid groups (broad SMARTS) is 1. The zero-order chi connectivity index (χ0) is 13.1. The predicted octanol–water partition coefficient (Wildman–Crippen LogP) is 2.51. The lowest BCUT2D eigenvalue weighted by atomic mass is 10.3. The number of hydrogen-bond donors (Lipinski definition) is 1. The fourth-order valence-corrected chi connectivity index (χ4v) is 1.73. The van der Waals surface area contributed by atoms with Gasteiger partial charge in [0.15, 0.2) is 0 Å². The minimum atomic E-state index is -0.977. The molecule has 0 saturated carbocycles. The van der Waals surface area contributed by atoms with Gasteiger partial charge in [-0.25, -0.2) is 4.79 Å². The van der Waals surface area contributed by atoms with Crippen molar-refractivity contribution in [3.05, 3.63) is 47.3 Å². The minimum absolute atomic E-state index is 0.173. The van der Waals surface area contributed by atoms with Crippen LogP contribution >= 0.6 is 0 Å². The van der Waals surface area contributed by atoms with Gasteiger partial charge >= 0.3 is 5.97 Å². The van der Waals surface area contributed by atoms with Gasteiger partial charge in [-0.15, -0.1) is 0 Å². The maximum absolute atomic E-state index is 10.7. The van der Waals surface area contributed by atoms with Gasteiger partial charge in [0.2, 0.25) is 0 Å². The molecule has 0 fully saturated rings. The van der Waals surface area contributed by atoms with E-state index in [1.165, 1.54) is 12.3 Å². The summed E-state index contributed by atoms with van der Waals surface area (Å²) < 4.78 is 10.7. The number of carboxylic acids is 1. The second-order valence-electron chi connectivity index (χ2n) is 4.29. The largest absolute Gasteiger partial charge is 0.478 e. The average molecular weight is 249 g/mol. The normalized spacial score (nSPS) is 11.1. The zero-order valence-electron chi connectivity index (χ0n) is 10.3. The van der Waals surface area contributed by atoms with Crippen LogP contribution in [0.4, 0.5) is 0 Å². The van der Waals surface area contributed by atoms with Crippen molar-refractivity contribution >= 4 is 5.97 Å². The SMILES string of the molecule is Cc1ccc(CN(C)Cc2cc(C(=O)O)co2)o1. The van der Waals surface area contributed by atoms with Crippen molar-refractivity contribution < 1.29 is 18.7 Å². The third-order valence-electron chi connectivity index (χ3n) is 2.55. The van der Waals surface area contributed by atoms with Gasteiger partial charge in [0.1, 0.15) is 23.5 Å². The Bertz CT molecular complexity index is 541. The Balaban J connectivity index is 1.94. The molecule has 0 aliphatic carbocycles. The Hall–Kier alpha value is -2.01. The number of aromatic carboxylic acids is 1. The average Bonchev–Trinajstić information content (AvgIpc) is 2.88. The summed E-state index contributed by atoms with van der Waals surface area (Å²) in [7, 11) is 1.92. The van der Waals surface area contributed by atoms with Crippen molar-refractivity contribution in [2.75, 3.05) is 7.05 Å². The maximum atomic E-state index is 10.7. The molecule has 0 spiro atoms. The van der Waals surface area contributed by atoms with Crippen molar-refractivity contribution in [1.82, 2.24) is 4.90 Å². The zero-order valence-corrected chi connectivity index (χ0v) is 10.3. The molecule has 0 saturated heterocycles. The molecule has 0 atom stereocenters. The van der Waals surface area contributed by atoms with Crippen molar-refractivity contribution in [2.24, 2.45) is 0 Å². The molecule has 5 nitrogen and oxygen atoms in total. The van der Waals surface area contributed by atoms with Gasteiger partial charge in [0.25, 0.3) is 0 Å². The van der Waals surface area contributed by atoms with Crippen LogP contribution in [0.3, 0.4) is 0 Å². The molecule has 2 aromatic rings. The van der Waals surface area contributed by atoms with Gasteiger partial charge in [-0.05, 0) is 32.2 Å². The van der Waals surface area contributed by atoms with E-state index in [2.05, 4.69) is 0 Å². The molecule has 1 N–H and O–H groups in total. The molecule has 5 heteroatoms. The molecule has 2 aromatic heterocycles. The molecule has 18 heavy (non-hydrogen) atoms. The molecule has 0 aromatic carbocycles. The molecule has 0 radical (unpaired) electrons. The Morgan fingerprint density at radius 1 is 1.33 bits per heavy atom. The van der Waals surface area contributed by atoms with Gasteiger partial charge in [0, 0.05) is 0 Å². The van der Waals surface area contributed by atoms with Crippen LogP contribution < -0.4 is 0 Å². The van der Waals surface area contributed by atoms with Crippen LogP contribution in [-0.4, -0.2) is 23.0 Å². The first-order valence-corrected chi connectivity index (χ1v) is 5.59. The van der Waals surface area contributed by atoms with E-state index in [0.717, 1.165) is 11.5 Å². The monoisotopic (exact) mass is 249 g/mol. The number of furan rings is 2. The second-order valence-corrected chi connectivity index (χ2v) is 4.29. The lowest BCUT2D eigenvalue weighted by molar-refractivity contribution is 0.0696. The van der Waals surface area contributed by atoms with Crippen molar-refractivity contribution in [3.8, 4) is 0 Å². The summed E-state index contributed by atoms with van der Waals surface area (Å²) in [6.07, 6.45) is 1.25. The van der Waals surface area contributed by atoms with Crippen molar-refractivity contribution in [1.29, 1.82) is 0 Å². The number of carbonyl (C=O) groups is 1. The van der Waals surface area contributed by atoms with Gasteiger partial charge in [-0.3, -0.25) is 4.90 Å². The Labute approximate surface area is 105 Å². The molecule has 0 amide bonds. The molecule has 0 aliphatic rings. The first-order chi connectivity index (χ1) is 8.54. The number of rotatable bonds is 5. The highest BCUT2D eigenvalue weighted by Gasteiger charge is 2.11. The topological polar surface area (TPSA) is 66.8 Å². The van der Waals surface area contributed by atoms with Gasteiger partial charge in [-0.2, -0.15) is 0 Å². The fraction of sp³-hybridized carbons (Fsp3) is 0.308. The van der Waals surface area contributed by atoms with Crippen molar-refractivity contribution in [3.63, 3.8) is 0 Å². The Morgan fingerprint density at radius 3 is 2.61 bits per heavy atom. The van der Waals surface area contributed by atoms with Crippen LogP contribution in [0.1, 0.15) is 27.6 Å². The lowest BCUT2D eigenvalue weighted by Crippen LogP contribution is -2.16. The van der Waals surface area contributed by atoms with Crippen LogP contribution in [0.25, 0.3) is 0 Å².